The summed E-state index contributed by atoms with van der Waals surface area (Å²) in [6.07, 6.45) is -0.394. The molecule has 0 radical (unpaired) electrons. The molecule has 0 saturated heterocycles. The lowest BCUT2D eigenvalue weighted by molar-refractivity contribution is -0.131. The maximum atomic E-state index is 11.7. The predicted molar refractivity (Wildman–Crippen MR) is 78.5 cm³/mol. The quantitative estimate of drug-likeness (QED) is 0.718. The van der Waals surface area contributed by atoms with Gasteiger partial charge in [-0.2, -0.15) is 0 Å². The Labute approximate surface area is 120 Å². The van der Waals surface area contributed by atoms with Crippen molar-refractivity contribution in [1.82, 2.24) is 10.6 Å². The van der Waals surface area contributed by atoms with Crippen LogP contribution >= 0.6 is 0 Å². The van der Waals surface area contributed by atoms with Gasteiger partial charge in [-0.25, -0.2) is 4.79 Å². The Bertz CT molecular complexity index is 404. The second kappa shape index (κ2) is 9.34. The molecular weight excluding hydrogens is 256 g/mol. The molecule has 5 heteroatoms. The van der Waals surface area contributed by atoms with Crippen LogP contribution in [0.1, 0.15) is 25.0 Å². The predicted octanol–water partition coefficient (Wildman–Crippen LogP) is 2.19. The van der Waals surface area contributed by atoms with Crippen molar-refractivity contribution in [3.63, 3.8) is 0 Å². The average Bonchev–Trinajstić information content (AvgIpc) is 2.44. The van der Waals surface area contributed by atoms with Gasteiger partial charge in [-0.15, -0.1) is 0 Å². The Balaban J connectivity index is 2.31. The minimum Gasteiger partial charge on any atom is -0.351 e. The Kier molecular flexibility index (Phi) is 7.69. The van der Waals surface area contributed by atoms with Crippen molar-refractivity contribution in [1.29, 1.82) is 0 Å². The van der Waals surface area contributed by atoms with Crippen LogP contribution in [0, 0.1) is 6.92 Å². The summed E-state index contributed by atoms with van der Waals surface area (Å²) in [4.78, 5) is 11.7. The summed E-state index contributed by atoms with van der Waals surface area (Å²) in [5, 5.41) is 5.56. The van der Waals surface area contributed by atoms with Gasteiger partial charge in [0.05, 0.1) is 6.54 Å². The number of carbonyl (C=O) groups is 1. The molecule has 0 aliphatic heterocycles. The molecule has 0 spiro atoms. The Morgan fingerprint density at radius 3 is 2.40 bits per heavy atom. The highest BCUT2D eigenvalue weighted by atomic mass is 16.7. The fraction of sp³-hybridized carbons (Fsp3) is 0.533. The van der Waals surface area contributed by atoms with Gasteiger partial charge in [0, 0.05) is 19.8 Å². The molecular formula is C15H24N2O3. The lowest BCUT2D eigenvalue weighted by atomic mass is 10.1. The summed E-state index contributed by atoms with van der Waals surface area (Å²) in [6.45, 7) is 7.76. The van der Waals surface area contributed by atoms with Crippen molar-refractivity contribution < 1.29 is 14.3 Å². The van der Waals surface area contributed by atoms with Crippen molar-refractivity contribution in [3.8, 4) is 0 Å². The Hall–Kier alpha value is -1.59. The molecule has 0 atom stereocenters. The molecule has 1 aromatic carbocycles. The van der Waals surface area contributed by atoms with Crippen LogP contribution in [-0.4, -0.2) is 32.1 Å². The summed E-state index contributed by atoms with van der Waals surface area (Å²) >= 11 is 0. The van der Waals surface area contributed by atoms with Crippen LogP contribution in [0.5, 0.6) is 0 Å². The number of aryl methyl sites for hydroxylation is 1. The highest BCUT2D eigenvalue weighted by Gasteiger charge is 2.09. The lowest BCUT2D eigenvalue weighted by Crippen LogP contribution is -2.41. The first-order chi connectivity index (χ1) is 9.67. The Morgan fingerprint density at radius 2 is 1.80 bits per heavy atom. The first kappa shape index (κ1) is 16.5. The molecule has 5 nitrogen and oxygen atoms in total. The zero-order valence-electron chi connectivity index (χ0n) is 12.4. The number of benzene rings is 1. The van der Waals surface area contributed by atoms with Crippen LogP contribution in [-0.2, 0) is 16.0 Å². The molecule has 0 aliphatic carbocycles. The van der Waals surface area contributed by atoms with Crippen molar-refractivity contribution in [2.24, 2.45) is 0 Å². The summed E-state index contributed by atoms with van der Waals surface area (Å²) in [5.74, 6) is 0. The zero-order chi connectivity index (χ0) is 14.8. The van der Waals surface area contributed by atoms with Crippen molar-refractivity contribution in [2.75, 3.05) is 19.8 Å². The first-order valence-corrected chi connectivity index (χ1v) is 6.96. The van der Waals surface area contributed by atoms with Gasteiger partial charge in [-0.1, -0.05) is 24.3 Å². The average molecular weight is 280 g/mol. The third-order valence-corrected chi connectivity index (χ3v) is 2.84. The second-order valence-corrected chi connectivity index (χ2v) is 4.33. The van der Waals surface area contributed by atoms with Crippen LogP contribution in [0.25, 0.3) is 0 Å². The smallest absolute Gasteiger partial charge is 0.315 e. The van der Waals surface area contributed by atoms with Crippen LogP contribution in [0.15, 0.2) is 24.3 Å². The molecule has 1 rings (SSSR count). The number of nitrogens with one attached hydrogen (secondary N) is 2. The molecule has 0 fully saturated rings. The van der Waals surface area contributed by atoms with E-state index in [1.165, 1.54) is 0 Å². The number of hydrogen-bond acceptors (Lipinski definition) is 3. The molecule has 2 amide bonds. The van der Waals surface area contributed by atoms with Crippen LogP contribution in [0.3, 0.4) is 0 Å². The lowest BCUT2D eigenvalue weighted by Gasteiger charge is -2.17. The van der Waals surface area contributed by atoms with Gasteiger partial charge in [0.2, 0.25) is 0 Å². The third kappa shape index (κ3) is 6.04. The fourth-order valence-corrected chi connectivity index (χ4v) is 1.76. The first-order valence-electron chi connectivity index (χ1n) is 6.96. The molecule has 0 aromatic heterocycles. The van der Waals surface area contributed by atoms with Crippen molar-refractivity contribution >= 4 is 6.03 Å². The highest BCUT2D eigenvalue weighted by Crippen LogP contribution is 2.05. The maximum Gasteiger partial charge on any atom is 0.315 e. The number of ether oxygens (including phenoxy) is 2. The van der Waals surface area contributed by atoms with E-state index in [9.17, 15) is 4.79 Å². The normalized spacial score (nSPS) is 10.6. The molecule has 1 aromatic rings. The molecule has 0 bridgehead atoms. The molecule has 0 unspecified atom stereocenters. The van der Waals surface area contributed by atoms with Crippen molar-refractivity contribution in [2.45, 2.75) is 33.6 Å². The number of hydrogen-bond donors (Lipinski definition) is 2. The molecule has 0 saturated carbocycles. The monoisotopic (exact) mass is 280 g/mol. The van der Waals surface area contributed by atoms with Gasteiger partial charge in [0.1, 0.15) is 0 Å². The van der Waals surface area contributed by atoms with Gasteiger partial charge >= 0.3 is 6.03 Å². The molecule has 112 valence electrons. The van der Waals surface area contributed by atoms with Gasteiger partial charge in [0.15, 0.2) is 6.29 Å². The van der Waals surface area contributed by atoms with E-state index in [1.54, 1.807) is 0 Å². The van der Waals surface area contributed by atoms with Gasteiger partial charge in [-0.05, 0) is 31.9 Å². The van der Waals surface area contributed by atoms with Crippen LogP contribution in [0.2, 0.25) is 0 Å². The summed E-state index contributed by atoms with van der Waals surface area (Å²) in [7, 11) is 0. The van der Waals surface area contributed by atoms with E-state index >= 15 is 0 Å². The zero-order valence-corrected chi connectivity index (χ0v) is 12.4. The van der Waals surface area contributed by atoms with E-state index in [4.69, 9.17) is 9.47 Å². The van der Waals surface area contributed by atoms with Crippen LogP contribution in [0.4, 0.5) is 4.79 Å². The number of urea groups is 1. The van der Waals surface area contributed by atoms with Gasteiger partial charge < -0.3 is 20.1 Å². The van der Waals surface area contributed by atoms with Gasteiger partial charge in [0.25, 0.3) is 0 Å². The largest absolute Gasteiger partial charge is 0.351 e. The van der Waals surface area contributed by atoms with Gasteiger partial charge in [-0.3, -0.25) is 0 Å². The molecule has 20 heavy (non-hydrogen) atoms. The van der Waals surface area contributed by atoms with Crippen molar-refractivity contribution in [3.05, 3.63) is 35.4 Å². The number of amides is 2. The minimum absolute atomic E-state index is 0.224. The van der Waals surface area contributed by atoms with E-state index in [2.05, 4.69) is 10.6 Å². The minimum atomic E-state index is -0.394. The summed E-state index contributed by atoms with van der Waals surface area (Å²) in [6, 6.07) is 7.74. The van der Waals surface area contributed by atoms with E-state index < -0.39 is 6.29 Å². The summed E-state index contributed by atoms with van der Waals surface area (Å²) in [5.41, 5.74) is 2.27. The second-order valence-electron chi connectivity index (χ2n) is 4.33. The molecule has 0 aliphatic rings. The van der Waals surface area contributed by atoms with E-state index in [1.807, 2.05) is 45.0 Å². The molecule has 0 heterocycles. The van der Waals surface area contributed by atoms with E-state index in [0.717, 1.165) is 11.1 Å². The topological polar surface area (TPSA) is 59.6 Å². The number of carbonyl (C=O) groups excluding carboxylic acids is 1. The Morgan fingerprint density at radius 1 is 1.15 bits per heavy atom. The van der Waals surface area contributed by atoms with E-state index in [0.29, 0.717) is 26.3 Å². The standard InChI is InChI=1S/C15H24N2O3/c1-4-19-14(20-5-2)11-17-15(18)16-10-13-9-7-6-8-12(13)3/h6-9,14H,4-5,10-11H2,1-3H3,(H2,16,17,18). The van der Waals surface area contributed by atoms with Crippen LogP contribution < -0.4 is 10.6 Å². The fourth-order valence-electron chi connectivity index (χ4n) is 1.76. The maximum absolute atomic E-state index is 11.7. The highest BCUT2D eigenvalue weighted by molar-refractivity contribution is 5.73. The SMILES string of the molecule is CCOC(CNC(=O)NCc1ccccc1C)OCC. The summed E-state index contributed by atoms with van der Waals surface area (Å²) < 4.78 is 10.7. The van der Waals surface area contributed by atoms with E-state index in [-0.39, 0.29) is 6.03 Å². The third-order valence-electron chi connectivity index (χ3n) is 2.84. The number of rotatable bonds is 8. The molecule has 2 N–H and O–H groups in total.